The Morgan fingerprint density at radius 1 is 0.606 bits per heavy atom. The Bertz CT molecular complexity index is 1310. The third-order valence-corrected chi connectivity index (χ3v) is 10.2. The van der Waals surface area contributed by atoms with Crippen LogP contribution in [0, 0.1) is 0 Å². The van der Waals surface area contributed by atoms with E-state index >= 15 is 0 Å². The highest BCUT2D eigenvalue weighted by Gasteiger charge is 2.16. The Morgan fingerprint density at radius 3 is 2.03 bits per heavy atom. The van der Waals surface area contributed by atoms with Crippen LogP contribution in [0.2, 0.25) is 0 Å². The maximum atomic E-state index is 12.2. The highest BCUT2D eigenvalue weighted by molar-refractivity contribution is 9.09. The first-order chi connectivity index (χ1) is 16.0. The van der Waals surface area contributed by atoms with Crippen LogP contribution >= 0.6 is 31.4 Å². The molecule has 2 atom stereocenters. The molecule has 0 bridgehead atoms. The van der Waals surface area contributed by atoms with Crippen LogP contribution in [0.5, 0.6) is 0 Å². The van der Waals surface area contributed by atoms with Gasteiger partial charge in [-0.3, -0.25) is 0 Å². The monoisotopic (exact) mass is 530 g/mol. The van der Waals surface area contributed by atoms with E-state index in [9.17, 15) is 17.5 Å². The van der Waals surface area contributed by atoms with Gasteiger partial charge in [0.05, 0.1) is 9.79 Å². The molecule has 0 aliphatic rings. The summed E-state index contributed by atoms with van der Waals surface area (Å²) in [6.07, 6.45) is 0. The summed E-state index contributed by atoms with van der Waals surface area (Å²) in [7, 11) is 4.44. The zero-order valence-corrected chi connectivity index (χ0v) is 21.1. The third kappa shape index (κ3) is 5.99. The van der Waals surface area contributed by atoms with Crippen molar-refractivity contribution >= 4 is 53.6 Å². The van der Waals surface area contributed by atoms with Crippen LogP contribution in [0.4, 0.5) is 0 Å². The SMILES string of the molecule is O=S(O)c1ccccc1-c1cccc(SSSc2cccc(-c3ccccc3)c2S(=O)O)c1. The predicted molar refractivity (Wildman–Crippen MR) is 141 cm³/mol. The van der Waals surface area contributed by atoms with E-state index in [0.717, 1.165) is 26.5 Å². The first-order valence-corrected chi connectivity index (χ1v) is 15.3. The first kappa shape index (κ1) is 24.3. The molecule has 0 saturated carbocycles. The molecule has 0 radical (unpaired) electrons. The van der Waals surface area contributed by atoms with Crippen molar-refractivity contribution in [2.24, 2.45) is 0 Å². The van der Waals surface area contributed by atoms with Crippen LogP contribution < -0.4 is 0 Å². The van der Waals surface area contributed by atoms with Crippen LogP contribution in [-0.2, 0) is 22.2 Å². The number of hydrogen-bond donors (Lipinski definition) is 2. The molecule has 2 unspecified atom stereocenters. The van der Waals surface area contributed by atoms with Gasteiger partial charge < -0.3 is 9.11 Å². The average molecular weight is 531 g/mol. The van der Waals surface area contributed by atoms with Gasteiger partial charge in [0.2, 0.25) is 0 Å². The van der Waals surface area contributed by atoms with Gasteiger partial charge in [0, 0.05) is 20.9 Å². The van der Waals surface area contributed by atoms with Crippen molar-refractivity contribution in [2.75, 3.05) is 0 Å². The van der Waals surface area contributed by atoms with Gasteiger partial charge in [-0.2, -0.15) is 0 Å². The van der Waals surface area contributed by atoms with E-state index in [1.807, 2.05) is 84.9 Å². The minimum Gasteiger partial charge on any atom is -0.302 e. The van der Waals surface area contributed by atoms with Crippen LogP contribution in [0.3, 0.4) is 0 Å². The second-order valence-electron chi connectivity index (χ2n) is 6.76. The van der Waals surface area contributed by atoms with Gasteiger partial charge >= 0.3 is 0 Å². The maximum absolute atomic E-state index is 12.2. The molecule has 0 fully saturated rings. The lowest BCUT2D eigenvalue weighted by Crippen LogP contribution is -1.95. The van der Waals surface area contributed by atoms with Gasteiger partial charge in [0.25, 0.3) is 0 Å². The van der Waals surface area contributed by atoms with Crippen molar-refractivity contribution < 1.29 is 17.5 Å². The summed E-state index contributed by atoms with van der Waals surface area (Å²) in [5.74, 6) is 0. The smallest absolute Gasteiger partial charge is 0.188 e. The Hall–Kier alpha value is -1.85. The van der Waals surface area contributed by atoms with E-state index in [0.29, 0.717) is 15.4 Å². The minimum absolute atomic E-state index is 0.370. The van der Waals surface area contributed by atoms with Gasteiger partial charge in [-0.1, -0.05) is 72.8 Å². The molecule has 0 aliphatic carbocycles. The number of benzene rings is 4. The summed E-state index contributed by atoms with van der Waals surface area (Å²) in [4.78, 5) is 2.46. The highest BCUT2D eigenvalue weighted by atomic mass is 33.5. The van der Waals surface area contributed by atoms with E-state index in [-0.39, 0.29) is 0 Å². The molecule has 0 aliphatic heterocycles. The van der Waals surface area contributed by atoms with E-state index < -0.39 is 22.2 Å². The molecule has 4 nitrogen and oxygen atoms in total. The van der Waals surface area contributed by atoms with Crippen LogP contribution in [-0.4, -0.2) is 17.5 Å². The van der Waals surface area contributed by atoms with Gasteiger partial charge in [0.15, 0.2) is 22.2 Å². The van der Waals surface area contributed by atoms with E-state index in [1.54, 1.807) is 12.1 Å². The summed E-state index contributed by atoms with van der Waals surface area (Å²) in [5, 5.41) is 0. The van der Waals surface area contributed by atoms with E-state index in [4.69, 9.17) is 0 Å². The van der Waals surface area contributed by atoms with Gasteiger partial charge in [-0.15, -0.1) is 0 Å². The fourth-order valence-corrected chi connectivity index (χ4v) is 8.73. The second-order valence-corrected chi connectivity index (χ2v) is 12.6. The summed E-state index contributed by atoms with van der Waals surface area (Å²) < 4.78 is 43.4. The van der Waals surface area contributed by atoms with Crippen LogP contribution in [0.15, 0.2) is 117 Å². The zero-order valence-electron chi connectivity index (χ0n) is 17.0. The lowest BCUT2D eigenvalue weighted by Gasteiger charge is -2.11. The molecule has 4 rings (SSSR count). The molecule has 4 aromatic rings. The third-order valence-electron chi connectivity index (χ3n) is 4.71. The average Bonchev–Trinajstić information content (AvgIpc) is 2.84. The molecule has 0 aromatic heterocycles. The van der Waals surface area contributed by atoms with Crippen molar-refractivity contribution in [3.05, 3.63) is 97.1 Å². The Balaban J connectivity index is 1.54. The molecule has 168 valence electrons. The summed E-state index contributed by atoms with van der Waals surface area (Å²) in [6, 6.07) is 29.9. The lowest BCUT2D eigenvalue weighted by atomic mass is 10.1. The Morgan fingerprint density at radius 2 is 1.27 bits per heavy atom. The predicted octanol–water partition coefficient (Wildman–Crippen LogP) is 7.63. The number of rotatable bonds is 8. The maximum Gasteiger partial charge on any atom is 0.188 e. The van der Waals surface area contributed by atoms with Crippen molar-refractivity contribution in [2.45, 2.75) is 19.6 Å². The van der Waals surface area contributed by atoms with E-state index in [2.05, 4.69) is 0 Å². The molecule has 4 aromatic carbocycles. The first-order valence-electron chi connectivity index (χ1n) is 9.65. The molecule has 33 heavy (non-hydrogen) atoms. The topological polar surface area (TPSA) is 74.6 Å². The second kappa shape index (κ2) is 11.5. The quantitative estimate of drug-likeness (QED) is 0.179. The highest BCUT2D eigenvalue weighted by Crippen LogP contribution is 2.47. The van der Waals surface area contributed by atoms with Gasteiger partial charge in [0.1, 0.15) is 0 Å². The van der Waals surface area contributed by atoms with Crippen molar-refractivity contribution in [3.63, 3.8) is 0 Å². The molecule has 9 heteroatoms. The van der Waals surface area contributed by atoms with Gasteiger partial charge in [-0.25, -0.2) is 8.42 Å². The molecule has 0 heterocycles. The Kier molecular flexibility index (Phi) is 8.48. The lowest BCUT2D eigenvalue weighted by molar-refractivity contribution is 0.562. The summed E-state index contributed by atoms with van der Waals surface area (Å²) >= 11 is -4.20. The summed E-state index contributed by atoms with van der Waals surface area (Å²) in [5.41, 5.74) is 3.20. The van der Waals surface area contributed by atoms with Crippen LogP contribution in [0.25, 0.3) is 22.3 Å². The molecular formula is C24H18O4S5. The fourth-order valence-electron chi connectivity index (χ4n) is 3.27. The van der Waals surface area contributed by atoms with E-state index in [1.165, 1.54) is 31.4 Å². The van der Waals surface area contributed by atoms with Crippen molar-refractivity contribution in [1.29, 1.82) is 0 Å². The minimum atomic E-state index is -2.13. The largest absolute Gasteiger partial charge is 0.302 e. The van der Waals surface area contributed by atoms with Gasteiger partial charge in [-0.05, 0) is 66.8 Å². The Labute approximate surface area is 209 Å². The fraction of sp³-hybridized carbons (Fsp3) is 0. The summed E-state index contributed by atoms with van der Waals surface area (Å²) in [6.45, 7) is 0. The molecule has 0 saturated heterocycles. The van der Waals surface area contributed by atoms with Crippen molar-refractivity contribution in [1.82, 2.24) is 0 Å². The molecule has 0 spiro atoms. The standard InChI is InChI=1S/C24H18O4S5/c25-32(26)23-15-5-4-12-20(23)18-10-6-11-19(16-18)29-31-30-22-14-7-13-21(24(22)33(27)28)17-8-2-1-3-9-17/h1-16H,(H,25,26)(H,27,28). The number of hydrogen-bond acceptors (Lipinski definition) is 5. The molecular weight excluding hydrogens is 513 g/mol. The molecule has 0 amide bonds. The molecule has 2 N–H and O–H groups in total. The van der Waals surface area contributed by atoms with Crippen LogP contribution in [0.1, 0.15) is 0 Å². The normalized spacial score (nSPS) is 12.9. The van der Waals surface area contributed by atoms with Crippen molar-refractivity contribution in [3.8, 4) is 22.3 Å². The zero-order chi connectivity index (χ0) is 23.2.